The number of carbonyl (C=O) groups excluding carboxylic acids is 1. The van der Waals surface area contributed by atoms with E-state index in [0.717, 1.165) is 39.9 Å². The monoisotopic (exact) mass is 492 g/mol. The van der Waals surface area contributed by atoms with Gasteiger partial charge in [0.05, 0.1) is 5.02 Å². The molecule has 1 atom stereocenters. The number of amides is 1. The molecule has 0 aromatic carbocycles. The van der Waals surface area contributed by atoms with Gasteiger partial charge < -0.3 is 4.90 Å². The molecule has 2 rings (SSSR count). The van der Waals surface area contributed by atoms with Crippen molar-refractivity contribution in [2.24, 2.45) is 0 Å². The SMILES string of the molecule is CCN(CCN(C)c1ccc(Cl)cn1)SCC(c1cc(Br)cs1)N(O)C=O. The van der Waals surface area contributed by atoms with Crippen LogP contribution in [0.25, 0.3) is 0 Å². The minimum Gasteiger partial charge on any atom is -0.358 e. The highest BCUT2D eigenvalue weighted by molar-refractivity contribution is 9.10. The predicted octanol–water partition coefficient (Wildman–Crippen LogP) is 4.55. The van der Waals surface area contributed by atoms with Gasteiger partial charge in [0.15, 0.2) is 0 Å². The zero-order chi connectivity index (χ0) is 19.8. The first-order chi connectivity index (χ1) is 12.9. The standard InChI is InChI=1S/C17H22BrClN4O2S2/c1-3-22(7-6-21(2)17-5-4-14(19)9-20-17)27-11-15(23(25)12-24)16-8-13(18)10-26-16/h4-5,8-10,12,15,25H,3,6-7,11H2,1-2H3. The smallest absolute Gasteiger partial charge is 0.233 e. The van der Waals surface area contributed by atoms with Crippen molar-refractivity contribution >= 4 is 63.0 Å². The molecule has 27 heavy (non-hydrogen) atoms. The van der Waals surface area contributed by atoms with Crippen LogP contribution in [0.4, 0.5) is 5.82 Å². The molecule has 10 heteroatoms. The molecule has 2 heterocycles. The van der Waals surface area contributed by atoms with E-state index in [0.29, 0.717) is 17.2 Å². The van der Waals surface area contributed by atoms with E-state index in [1.54, 1.807) is 18.1 Å². The van der Waals surface area contributed by atoms with Crippen molar-refractivity contribution in [1.29, 1.82) is 0 Å². The van der Waals surface area contributed by atoms with E-state index in [4.69, 9.17) is 11.6 Å². The van der Waals surface area contributed by atoms with Crippen LogP contribution in [0.2, 0.25) is 5.02 Å². The summed E-state index contributed by atoms with van der Waals surface area (Å²) in [5.74, 6) is 1.43. The van der Waals surface area contributed by atoms with Crippen molar-refractivity contribution < 1.29 is 10.0 Å². The largest absolute Gasteiger partial charge is 0.358 e. The maximum absolute atomic E-state index is 11.1. The highest BCUT2D eigenvalue weighted by Crippen LogP contribution is 2.31. The maximum Gasteiger partial charge on any atom is 0.233 e. The van der Waals surface area contributed by atoms with Gasteiger partial charge in [-0.3, -0.25) is 10.0 Å². The van der Waals surface area contributed by atoms with E-state index in [1.165, 1.54) is 11.3 Å². The van der Waals surface area contributed by atoms with E-state index in [2.05, 4.69) is 37.0 Å². The summed E-state index contributed by atoms with van der Waals surface area (Å²) in [7, 11) is 1.99. The van der Waals surface area contributed by atoms with Crippen LogP contribution in [-0.2, 0) is 4.79 Å². The van der Waals surface area contributed by atoms with Crippen LogP contribution in [0, 0.1) is 0 Å². The lowest BCUT2D eigenvalue weighted by Crippen LogP contribution is -2.31. The summed E-state index contributed by atoms with van der Waals surface area (Å²) in [6.45, 7) is 4.54. The second kappa shape index (κ2) is 11.2. The Balaban J connectivity index is 1.90. The Morgan fingerprint density at radius 1 is 1.44 bits per heavy atom. The summed E-state index contributed by atoms with van der Waals surface area (Å²) in [5.41, 5.74) is 0. The van der Waals surface area contributed by atoms with E-state index < -0.39 is 0 Å². The van der Waals surface area contributed by atoms with Gasteiger partial charge in [-0.25, -0.2) is 14.4 Å². The Kier molecular flexibility index (Phi) is 9.34. The van der Waals surface area contributed by atoms with Gasteiger partial charge in [0, 0.05) is 53.4 Å². The van der Waals surface area contributed by atoms with Crippen LogP contribution >= 0.6 is 50.8 Å². The number of thiophene rings is 1. The molecule has 0 saturated carbocycles. The number of halogens is 2. The van der Waals surface area contributed by atoms with Crippen molar-refractivity contribution in [3.8, 4) is 0 Å². The van der Waals surface area contributed by atoms with Crippen LogP contribution in [0.3, 0.4) is 0 Å². The molecule has 1 unspecified atom stereocenters. The number of hydrogen-bond donors (Lipinski definition) is 1. The molecule has 0 aliphatic rings. The van der Waals surface area contributed by atoms with Crippen molar-refractivity contribution in [3.63, 3.8) is 0 Å². The average molecular weight is 494 g/mol. The third-order valence-corrected chi connectivity index (χ3v) is 7.19. The molecular formula is C17H22BrClN4O2S2. The van der Waals surface area contributed by atoms with Gasteiger partial charge in [-0.05, 0) is 34.1 Å². The molecule has 148 valence electrons. The summed E-state index contributed by atoms with van der Waals surface area (Å²) in [6, 6.07) is 5.27. The highest BCUT2D eigenvalue weighted by atomic mass is 79.9. The van der Waals surface area contributed by atoms with E-state index in [9.17, 15) is 10.0 Å². The highest BCUT2D eigenvalue weighted by Gasteiger charge is 2.21. The molecule has 2 aromatic heterocycles. The van der Waals surface area contributed by atoms with Crippen molar-refractivity contribution in [3.05, 3.63) is 44.1 Å². The topological polar surface area (TPSA) is 59.9 Å². The van der Waals surface area contributed by atoms with Crippen LogP contribution in [0.15, 0.2) is 34.2 Å². The zero-order valence-corrected chi connectivity index (χ0v) is 19.1. The minimum absolute atomic E-state index is 0.381. The molecule has 0 spiro atoms. The summed E-state index contributed by atoms with van der Waals surface area (Å²) < 4.78 is 3.15. The number of anilines is 1. The van der Waals surface area contributed by atoms with E-state index in [-0.39, 0.29) is 6.04 Å². The lowest BCUT2D eigenvalue weighted by molar-refractivity contribution is -0.158. The molecule has 0 bridgehead atoms. The molecular weight excluding hydrogens is 472 g/mol. The Morgan fingerprint density at radius 2 is 2.22 bits per heavy atom. The molecule has 1 N–H and O–H groups in total. The van der Waals surface area contributed by atoms with Crippen LogP contribution in [0.5, 0.6) is 0 Å². The Bertz CT molecular complexity index is 719. The second-order valence-electron chi connectivity index (χ2n) is 5.74. The Hall–Kier alpha value is -0.840. The molecule has 0 radical (unpaired) electrons. The first-order valence-electron chi connectivity index (χ1n) is 8.31. The average Bonchev–Trinajstić information content (AvgIpc) is 3.10. The number of hydrogen-bond acceptors (Lipinski definition) is 7. The molecule has 2 aromatic rings. The van der Waals surface area contributed by atoms with E-state index in [1.807, 2.05) is 30.6 Å². The first kappa shape index (κ1) is 22.4. The third-order valence-electron chi connectivity index (χ3n) is 3.90. The number of aromatic nitrogens is 1. The predicted molar refractivity (Wildman–Crippen MR) is 117 cm³/mol. The Morgan fingerprint density at radius 3 is 2.78 bits per heavy atom. The van der Waals surface area contributed by atoms with Crippen molar-refractivity contribution in [1.82, 2.24) is 14.4 Å². The summed E-state index contributed by atoms with van der Waals surface area (Å²) in [5, 5.41) is 13.3. The first-order valence-corrected chi connectivity index (χ1v) is 11.3. The second-order valence-corrected chi connectivity index (χ2v) is 9.14. The molecule has 0 aliphatic carbocycles. The molecule has 0 saturated heterocycles. The number of likely N-dealkylation sites (N-methyl/N-ethyl adjacent to an activating group) is 2. The van der Waals surface area contributed by atoms with Gasteiger partial charge in [0.25, 0.3) is 0 Å². The summed E-state index contributed by atoms with van der Waals surface area (Å²) >= 11 is 12.4. The lowest BCUT2D eigenvalue weighted by Gasteiger charge is -2.27. The molecule has 0 fully saturated rings. The number of pyridine rings is 1. The fraction of sp³-hybridized carbons (Fsp3) is 0.412. The van der Waals surface area contributed by atoms with Crippen LogP contribution in [0.1, 0.15) is 17.8 Å². The lowest BCUT2D eigenvalue weighted by atomic mass is 10.3. The van der Waals surface area contributed by atoms with Crippen molar-refractivity contribution in [2.75, 3.05) is 37.3 Å². The van der Waals surface area contributed by atoms with Gasteiger partial charge in [-0.1, -0.05) is 30.5 Å². The van der Waals surface area contributed by atoms with Crippen LogP contribution in [-0.4, -0.2) is 58.4 Å². The quantitative estimate of drug-likeness (QED) is 0.214. The minimum atomic E-state index is -0.381. The zero-order valence-electron chi connectivity index (χ0n) is 15.1. The number of carbonyl (C=O) groups is 1. The molecule has 6 nitrogen and oxygen atoms in total. The summed E-state index contributed by atoms with van der Waals surface area (Å²) in [4.78, 5) is 18.4. The fourth-order valence-electron chi connectivity index (χ4n) is 2.33. The van der Waals surface area contributed by atoms with Gasteiger partial charge in [-0.2, -0.15) is 0 Å². The fourth-order valence-corrected chi connectivity index (χ4v) is 5.16. The van der Waals surface area contributed by atoms with Crippen LogP contribution < -0.4 is 4.90 Å². The van der Waals surface area contributed by atoms with Crippen molar-refractivity contribution in [2.45, 2.75) is 13.0 Å². The normalized spacial score (nSPS) is 12.2. The molecule has 1 amide bonds. The third kappa shape index (κ3) is 6.92. The number of rotatable bonds is 11. The summed E-state index contributed by atoms with van der Waals surface area (Å²) in [6.07, 6.45) is 2.09. The van der Waals surface area contributed by atoms with Gasteiger partial charge in [0.1, 0.15) is 11.9 Å². The van der Waals surface area contributed by atoms with E-state index >= 15 is 0 Å². The maximum atomic E-state index is 11.1. The number of nitrogens with zero attached hydrogens (tertiary/aromatic N) is 4. The molecule has 0 aliphatic heterocycles. The van der Waals surface area contributed by atoms with Gasteiger partial charge in [-0.15, -0.1) is 11.3 Å². The van der Waals surface area contributed by atoms with Gasteiger partial charge in [0.2, 0.25) is 6.41 Å². The Labute approximate surface area is 181 Å². The number of hydroxylamine groups is 2. The van der Waals surface area contributed by atoms with Gasteiger partial charge >= 0.3 is 0 Å².